The number of anilines is 2. The number of carbonyl (C=O) groups excluding carboxylic acids is 2. The number of benzene rings is 1. The number of carbonyl (C=O) groups is 2. The lowest BCUT2D eigenvalue weighted by Crippen LogP contribution is -2.47. The number of nitrogens with zero attached hydrogens (tertiary/aromatic N) is 6. The molecular weight excluding hydrogens is 793 g/mol. The van der Waals surface area contributed by atoms with Gasteiger partial charge in [-0.15, -0.1) is 0 Å². The lowest BCUT2D eigenvalue weighted by Gasteiger charge is -2.31. The van der Waals surface area contributed by atoms with Crippen LogP contribution >= 0.6 is 0 Å². The molecule has 3 aliphatic rings. The Balaban J connectivity index is 0.734. The van der Waals surface area contributed by atoms with Crippen LogP contribution in [0.25, 0.3) is 22.6 Å². The first kappa shape index (κ1) is 42.2. The zero-order chi connectivity index (χ0) is 42.5. The van der Waals surface area contributed by atoms with Crippen LogP contribution in [0, 0.1) is 11.8 Å². The van der Waals surface area contributed by atoms with Gasteiger partial charge in [-0.3, -0.25) is 18.8 Å². The second kappa shape index (κ2) is 19.1. The Morgan fingerprint density at radius 3 is 2.66 bits per heavy atom. The maximum absolute atomic E-state index is 14.1. The summed E-state index contributed by atoms with van der Waals surface area (Å²) >= 11 is 0. The van der Waals surface area contributed by atoms with Gasteiger partial charge in [0.15, 0.2) is 17.0 Å². The van der Waals surface area contributed by atoms with E-state index in [4.69, 9.17) is 13.6 Å². The standard InChI is InChI=1S/C43H53F2N9O7/c1-52(17-3-19-59-18-2-4-26-9-12-33-35(20-26)61-43(58)54(33)34-13-14-37(55)50-41(34)57)23-28-7-10-30(11-8-28)53-24-31(38(51-53)39(44)45)48-40(56)32-25-60-42(49-32)29-15-16-46-36(21-29)47-22-27-5-6-27/h9,12,15-16,20-21,24-25,27-28,30,34,39,41,57H,2-8,10-11,13-14,17-19,22-23H2,1H3,(H,46,47)(H,48,56)(H,50,55). The molecule has 1 aliphatic heterocycles. The van der Waals surface area contributed by atoms with Gasteiger partial charge >= 0.3 is 5.76 Å². The van der Waals surface area contributed by atoms with E-state index in [0.717, 1.165) is 70.1 Å². The maximum Gasteiger partial charge on any atom is 0.420 e. The van der Waals surface area contributed by atoms with Gasteiger partial charge in [0.1, 0.15) is 18.3 Å². The third-order valence-electron chi connectivity index (χ3n) is 11.9. The summed E-state index contributed by atoms with van der Waals surface area (Å²) in [5.41, 5.74) is 2.16. The molecule has 1 saturated heterocycles. The highest BCUT2D eigenvalue weighted by Crippen LogP contribution is 2.36. The molecule has 4 aromatic heterocycles. The molecule has 3 fully saturated rings. The number of rotatable bonds is 19. The average Bonchev–Trinajstić information content (AvgIpc) is 3.60. The van der Waals surface area contributed by atoms with Crippen molar-refractivity contribution in [1.29, 1.82) is 0 Å². The van der Waals surface area contributed by atoms with E-state index < -0.39 is 36.1 Å². The largest absolute Gasteiger partial charge is 0.444 e. The number of aromatic nitrogens is 5. The SMILES string of the molecule is CN(CCCOCCCc1ccc2c(c1)oc(=O)n2C1CCC(=O)NC1O)CC1CCC(n2cc(NC(=O)c3coc(-c4ccnc(NCC5CC5)c4)n3)c(C(F)F)n2)CC1. The van der Waals surface area contributed by atoms with Crippen LogP contribution in [0.1, 0.15) is 104 Å². The van der Waals surface area contributed by atoms with E-state index in [0.29, 0.717) is 54.0 Å². The fourth-order valence-corrected chi connectivity index (χ4v) is 8.41. The molecule has 2 unspecified atom stereocenters. The molecule has 4 N–H and O–H groups in total. The van der Waals surface area contributed by atoms with E-state index >= 15 is 0 Å². The number of amides is 2. The molecule has 18 heteroatoms. The summed E-state index contributed by atoms with van der Waals surface area (Å²) in [7, 11) is 2.11. The molecule has 2 saturated carbocycles. The topological polar surface area (TPSA) is 195 Å². The molecule has 5 aromatic rings. The molecule has 5 heterocycles. The summed E-state index contributed by atoms with van der Waals surface area (Å²) in [6, 6.07) is 8.52. The molecule has 8 rings (SSSR count). The van der Waals surface area contributed by atoms with Gasteiger partial charge in [0, 0.05) is 57.2 Å². The number of aryl methyl sites for hydroxylation is 1. The van der Waals surface area contributed by atoms with Crippen LogP contribution in [0.3, 0.4) is 0 Å². The molecule has 0 bridgehead atoms. The third kappa shape index (κ3) is 10.5. The average molecular weight is 846 g/mol. The van der Waals surface area contributed by atoms with Gasteiger partial charge in [-0.2, -0.15) is 5.10 Å². The summed E-state index contributed by atoms with van der Waals surface area (Å²) in [5.74, 6) is 0.602. The summed E-state index contributed by atoms with van der Waals surface area (Å²) in [6.07, 6.45) is 9.26. The van der Waals surface area contributed by atoms with Crippen molar-refractivity contribution in [2.24, 2.45) is 11.8 Å². The van der Waals surface area contributed by atoms with Crippen LogP contribution in [0.5, 0.6) is 0 Å². The molecule has 2 atom stereocenters. The van der Waals surface area contributed by atoms with E-state index in [-0.39, 0.29) is 35.6 Å². The van der Waals surface area contributed by atoms with Gasteiger partial charge in [0.2, 0.25) is 11.8 Å². The Kier molecular flexibility index (Phi) is 13.2. The number of aliphatic hydroxyl groups is 1. The predicted molar refractivity (Wildman–Crippen MR) is 221 cm³/mol. The van der Waals surface area contributed by atoms with Gasteiger partial charge in [0.25, 0.3) is 12.3 Å². The summed E-state index contributed by atoms with van der Waals surface area (Å²) in [6.45, 7) is 3.91. The lowest BCUT2D eigenvalue weighted by atomic mass is 9.86. The number of nitrogens with one attached hydrogen (secondary N) is 3. The molecule has 0 spiro atoms. The number of hydrogen-bond acceptors (Lipinski definition) is 12. The number of halogens is 2. The van der Waals surface area contributed by atoms with Crippen LogP contribution in [-0.2, 0) is 16.0 Å². The molecule has 2 aliphatic carbocycles. The summed E-state index contributed by atoms with van der Waals surface area (Å²) in [4.78, 5) is 48.3. The number of oxazole rings is 2. The molecule has 61 heavy (non-hydrogen) atoms. The van der Waals surface area contributed by atoms with E-state index in [1.165, 1.54) is 29.9 Å². The smallest absolute Gasteiger partial charge is 0.420 e. The maximum atomic E-state index is 14.1. The minimum atomic E-state index is -2.87. The van der Waals surface area contributed by atoms with Gasteiger partial charge in [-0.05, 0) is 113 Å². The molecule has 326 valence electrons. The normalized spacial score (nSPS) is 20.7. The molecular formula is C43H53F2N9O7. The minimum Gasteiger partial charge on any atom is -0.444 e. The number of pyridine rings is 1. The van der Waals surface area contributed by atoms with E-state index in [1.807, 2.05) is 18.2 Å². The highest BCUT2D eigenvalue weighted by atomic mass is 19.3. The Morgan fingerprint density at radius 1 is 1.07 bits per heavy atom. The first-order chi connectivity index (χ1) is 29.6. The van der Waals surface area contributed by atoms with Crippen molar-refractivity contribution in [2.75, 3.05) is 50.5 Å². The van der Waals surface area contributed by atoms with Crippen molar-refractivity contribution in [2.45, 2.75) is 95.4 Å². The van der Waals surface area contributed by atoms with Crippen LogP contribution in [0.4, 0.5) is 20.3 Å². The number of piperidine rings is 1. The van der Waals surface area contributed by atoms with Crippen molar-refractivity contribution in [1.82, 2.24) is 34.5 Å². The first-order valence-electron chi connectivity index (χ1n) is 21.3. The highest BCUT2D eigenvalue weighted by Gasteiger charge is 2.32. The summed E-state index contributed by atoms with van der Waals surface area (Å²) in [5, 5.41) is 22.9. The first-order valence-corrected chi connectivity index (χ1v) is 21.3. The van der Waals surface area contributed by atoms with E-state index in [2.05, 4.69) is 43.0 Å². The fourth-order valence-electron chi connectivity index (χ4n) is 8.41. The Labute approximate surface area is 351 Å². The van der Waals surface area contributed by atoms with Crippen molar-refractivity contribution >= 4 is 34.4 Å². The second-order valence-corrected chi connectivity index (χ2v) is 16.6. The van der Waals surface area contributed by atoms with Crippen molar-refractivity contribution in [3.8, 4) is 11.5 Å². The second-order valence-electron chi connectivity index (χ2n) is 16.6. The lowest BCUT2D eigenvalue weighted by molar-refractivity contribution is -0.128. The number of hydrogen-bond donors (Lipinski definition) is 4. The molecule has 1 aromatic carbocycles. The van der Waals surface area contributed by atoms with Crippen LogP contribution in [0.15, 0.2) is 62.6 Å². The number of ether oxygens (including phenoxy) is 1. The van der Waals surface area contributed by atoms with Gasteiger partial charge in [-0.25, -0.2) is 23.5 Å². The Bertz CT molecular complexity index is 2350. The molecule has 0 radical (unpaired) electrons. The monoisotopic (exact) mass is 845 g/mol. The van der Waals surface area contributed by atoms with Crippen molar-refractivity contribution in [3.05, 3.63) is 76.5 Å². The molecule has 16 nitrogen and oxygen atoms in total. The quantitative estimate of drug-likeness (QED) is 0.0677. The predicted octanol–water partition coefficient (Wildman–Crippen LogP) is 6.32. The number of alkyl halides is 2. The minimum absolute atomic E-state index is 0.0310. The fraction of sp³-hybridized carbons (Fsp3) is 0.535. The van der Waals surface area contributed by atoms with E-state index in [1.54, 1.807) is 23.0 Å². The number of fused-ring (bicyclic) bond motifs is 1. The summed E-state index contributed by atoms with van der Waals surface area (Å²) < 4.78 is 48.2. The van der Waals surface area contributed by atoms with Gasteiger partial charge in [-0.1, -0.05) is 6.07 Å². The van der Waals surface area contributed by atoms with Crippen LogP contribution in [0.2, 0.25) is 0 Å². The van der Waals surface area contributed by atoms with Gasteiger partial charge in [0.05, 0.1) is 23.3 Å². The zero-order valence-corrected chi connectivity index (χ0v) is 34.2. The van der Waals surface area contributed by atoms with Crippen molar-refractivity contribution < 1.29 is 37.0 Å². The highest BCUT2D eigenvalue weighted by molar-refractivity contribution is 6.03. The van der Waals surface area contributed by atoms with Gasteiger partial charge < -0.3 is 39.5 Å². The number of aliphatic hydroxyl groups excluding tert-OH is 1. The molecule has 2 amide bonds. The Hall–Kier alpha value is -5.46. The van der Waals surface area contributed by atoms with Crippen LogP contribution < -0.4 is 21.7 Å². The van der Waals surface area contributed by atoms with Crippen LogP contribution in [-0.4, -0.2) is 92.3 Å². The van der Waals surface area contributed by atoms with Crippen molar-refractivity contribution in [3.63, 3.8) is 0 Å². The Morgan fingerprint density at radius 2 is 1.87 bits per heavy atom. The third-order valence-corrected chi connectivity index (χ3v) is 11.9. The zero-order valence-electron chi connectivity index (χ0n) is 34.2. The van der Waals surface area contributed by atoms with E-state index in [9.17, 15) is 28.3 Å².